The van der Waals surface area contributed by atoms with Crippen molar-refractivity contribution in [2.24, 2.45) is 0 Å². The quantitative estimate of drug-likeness (QED) is 0.898. The van der Waals surface area contributed by atoms with E-state index in [2.05, 4.69) is 41.5 Å². The summed E-state index contributed by atoms with van der Waals surface area (Å²) in [4.78, 5) is 4.07. The van der Waals surface area contributed by atoms with Gasteiger partial charge in [0.05, 0.1) is 0 Å². The highest BCUT2D eigenvalue weighted by Crippen LogP contribution is 2.34. The van der Waals surface area contributed by atoms with Gasteiger partial charge in [-0.05, 0) is 73.7 Å². The number of piperidine rings is 1. The Hall–Kier alpha value is -1.32. The third-order valence-electron chi connectivity index (χ3n) is 4.87. The van der Waals surface area contributed by atoms with E-state index >= 15 is 0 Å². The molecule has 0 amide bonds. The van der Waals surface area contributed by atoms with Gasteiger partial charge in [-0.2, -0.15) is 0 Å². The van der Waals surface area contributed by atoms with Gasteiger partial charge >= 0.3 is 0 Å². The van der Waals surface area contributed by atoms with Crippen LogP contribution < -0.4 is 0 Å². The Morgan fingerprint density at radius 2 is 2.14 bits per heavy atom. The first-order chi connectivity index (χ1) is 10.6. The Balaban J connectivity index is 1.66. The second kappa shape index (κ2) is 6.84. The van der Waals surface area contributed by atoms with Crippen LogP contribution in [0.25, 0.3) is 0 Å². The number of hydrogen-bond acceptors (Lipinski definition) is 3. The van der Waals surface area contributed by atoms with E-state index in [0.29, 0.717) is 11.7 Å². The highest BCUT2D eigenvalue weighted by Gasteiger charge is 2.23. The van der Waals surface area contributed by atoms with Crippen molar-refractivity contribution in [1.82, 2.24) is 4.90 Å². The minimum Gasteiger partial charge on any atom is -0.507 e. The molecule has 2 nitrogen and oxygen atoms in total. The van der Waals surface area contributed by atoms with Gasteiger partial charge in [-0.25, -0.2) is 0 Å². The fourth-order valence-corrected chi connectivity index (χ4v) is 4.23. The van der Waals surface area contributed by atoms with E-state index in [1.165, 1.54) is 29.8 Å². The molecule has 22 heavy (non-hydrogen) atoms. The third-order valence-corrected chi connectivity index (χ3v) is 5.81. The molecule has 1 atom stereocenters. The normalized spacial score (nSPS) is 19.5. The fourth-order valence-electron chi connectivity index (χ4n) is 3.53. The van der Waals surface area contributed by atoms with Crippen molar-refractivity contribution in [2.75, 3.05) is 19.6 Å². The summed E-state index contributed by atoms with van der Waals surface area (Å²) in [5.41, 5.74) is 3.39. The summed E-state index contributed by atoms with van der Waals surface area (Å²) in [6.45, 7) is 7.50. The molecule has 2 aromatic rings. The van der Waals surface area contributed by atoms with E-state index in [9.17, 15) is 5.11 Å². The lowest BCUT2D eigenvalue weighted by Gasteiger charge is -2.33. The predicted molar refractivity (Wildman–Crippen MR) is 94.0 cm³/mol. The standard InChI is InChI=1S/C19H25NOS/c1-14-7-8-18(15(2)19(14)21)16-5-3-10-20(13-16)11-9-17-6-4-12-22-17/h4,6-8,12,16,21H,3,5,9-11,13H2,1-2H3. The van der Waals surface area contributed by atoms with Gasteiger partial charge in [0, 0.05) is 18.0 Å². The van der Waals surface area contributed by atoms with Crippen LogP contribution in [0.3, 0.4) is 0 Å². The summed E-state index contributed by atoms with van der Waals surface area (Å²) < 4.78 is 0. The fraction of sp³-hybridized carbons (Fsp3) is 0.474. The van der Waals surface area contributed by atoms with Crippen LogP contribution in [0, 0.1) is 13.8 Å². The van der Waals surface area contributed by atoms with Gasteiger partial charge in [0.15, 0.2) is 0 Å². The van der Waals surface area contributed by atoms with Crippen molar-refractivity contribution in [3.63, 3.8) is 0 Å². The smallest absolute Gasteiger partial charge is 0.121 e. The van der Waals surface area contributed by atoms with E-state index in [0.717, 1.165) is 30.6 Å². The second-order valence-electron chi connectivity index (χ2n) is 6.41. The Morgan fingerprint density at radius 3 is 2.91 bits per heavy atom. The average Bonchev–Trinajstić information content (AvgIpc) is 3.04. The van der Waals surface area contributed by atoms with Crippen LogP contribution in [0.2, 0.25) is 0 Å². The zero-order valence-corrected chi connectivity index (χ0v) is 14.3. The molecule has 1 unspecified atom stereocenters. The molecule has 1 aliphatic rings. The molecule has 0 radical (unpaired) electrons. The lowest BCUT2D eigenvalue weighted by atomic mass is 9.87. The summed E-state index contributed by atoms with van der Waals surface area (Å²) >= 11 is 1.85. The SMILES string of the molecule is Cc1ccc(C2CCCN(CCc3cccs3)C2)c(C)c1O. The number of nitrogens with zero attached hydrogens (tertiary/aromatic N) is 1. The summed E-state index contributed by atoms with van der Waals surface area (Å²) in [6, 6.07) is 8.64. The largest absolute Gasteiger partial charge is 0.507 e. The van der Waals surface area contributed by atoms with Crippen LogP contribution in [0.1, 0.15) is 40.3 Å². The maximum atomic E-state index is 10.2. The summed E-state index contributed by atoms with van der Waals surface area (Å²) in [5, 5.41) is 12.4. The number of benzene rings is 1. The zero-order chi connectivity index (χ0) is 15.5. The molecular formula is C19H25NOS. The number of phenols is 1. The Labute approximate surface area is 137 Å². The van der Waals surface area contributed by atoms with Crippen LogP contribution in [-0.4, -0.2) is 29.6 Å². The van der Waals surface area contributed by atoms with Crippen LogP contribution in [0.4, 0.5) is 0 Å². The van der Waals surface area contributed by atoms with Gasteiger partial charge < -0.3 is 10.0 Å². The Kier molecular flexibility index (Phi) is 4.84. The van der Waals surface area contributed by atoms with Crippen molar-refractivity contribution in [1.29, 1.82) is 0 Å². The maximum absolute atomic E-state index is 10.2. The predicted octanol–water partition coefficient (Wildman–Crippen LogP) is 4.49. The van der Waals surface area contributed by atoms with Gasteiger partial charge in [0.25, 0.3) is 0 Å². The van der Waals surface area contributed by atoms with Crippen molar-refractivity contribution < 1.29 is 5.11 Å². The molecule has 0 saturated carbocycles. The monoisotopic (exact) mass is 315 g/mol. The van der Waals surface area contributed by atoms with Crippen molar-refractivity contribution >= 4 is 11.3 Å². The number of aromatic hydroxyl groups is 1. The van der Waals surface area contributed by atoms with Gasteiger partial charge in [-0.3, -0.25) is 0 Å². The number of hydrogen-bond donors (Lipinski definition) is 1. The van der Waals surface area contributed by atoms with Crippen LogP contribution >= 0.6 is 11.3 Å². The molecule has 1 N–H and O–H groups in total. The molecule has 1 aromatic carbocycles. The molecule has 1 saturated heterocycles. The molecule has 118 valence electrons. The first-order valence-electron chi connectivity index (χ1n) is 8.19. The van der Waals surface area contributed by atoms with Crippen LogP contribution in [-0.2, 0) is 6.42 Å². The first kappa shape index (κ1) is 15.6. The molecule has 0 aliphatic carbocycles. The maximum Gasteiger partial charge on any atom is 0.121 e. The van der Waals surface area contributed by atoms with E-state index < -0.39 is 0 Å². The number of aryl methyl sites for hydroxylation is 1. The van der Waals surface area contributed by atoms with E-state index in [1.807, 2.05) is 18.3 Å². The number of rotatable bonds is 4. The summed E-state index contributed by atoms with van der Waals surface area (Å²) in [5.74, 6) is 1.04. The molecule has 0 bridgehead atoms. The summed E-state index contributed by atoms with van der Waals surface area (Å²) in [6.07, 6.45) is 3.64. The molecule has 1 aliphatic heterocycles. The zero-order valence-electron chi connectivity index (χ0n) is 13.5. The Bertz CT molecular complexity index is 621. The van der Waals surface area contributed by atoms with Crippen LogP contribution in [0.15, 0.2) is 29.6 Å². The third kappa shape index (κ3) is 3.36. The van der Waals surface area contributed by atoms with E-state index in [1.54, 1.807) is 0 Å². The lowest BCUT2D eigenvalue weighted by molar-refractivity contribution is 0.210. The molecule has 0 spiro atoms. The van der Waals surface area contributed by atoms with E-state index in [4.69, 9.17) is 0 Å². The first-order valence-corrected chi connectivity index (χ1v) is 9.07. The Morgan fingerprint density at radius 1 is 1.27 bits per heavy atom. The van der Waals surface area contributed by atoms with Gasteiger partial charge in [-0.15, -0.1) is 11.3 Å². The van der Waals surface area contributed by atoms with Crippen molar-refractivity contribution in [3.05, 3.63) is 51.2 Å². The number of likely N-dealkylation sites (tertiary alicyclic amines) is 1. The topological polar surface area (TPSA) is 23.5 Å². The molecule has 3 rings (SSSR count). The average molecular weight is 315 g/mol. The van der Waals surface area contributed by atoms with Crippen LogP contribution in [0.5, 0.6) is 5.75 Å². The minimum absolute atomic E-state index is 0.480. The van der Waals surface area contributed by atoms with Gasteiger partial charge in [0.2, 0.25) is 0 Å². The molecule has 1 fully saturated rings. The minimum atomic E-state index is 0.480. The number of thiophene rings is 1. The summed E-state index contributed by atoms with van der Waals surface area (Å²) in [7, 11) is 0. The van der Waals surface area contributed by atoms with Crippen molar-refractivity contribution in [2.45, 2.75) is 39.0 Å². The van der Waals surface area contributed by atoms with Gasteiger partial charge in [-0.1, -0.05) is 18.2 Å². The number of phenolic OH excluding ortho intramolecular Hbond substituents is 1. The lowest BCUT2D eigenvalue weighted by Crippen LogP contribution is -2.35. The highest BCUT2D eigenvalue weighted by molar-refractivity contribution is 7.09. The van der Waals surface area contributed by atoms with Gasteiger partial charge in [0.1, 0.15) is 5.75 Å². The molecular weight excluding hydrogens is 290 g/mol. The van der Waals surface area contributed by atoms with Crippen molar-refractivity contribution in [3.8, 4) is 5.75 Å². The molecule has 1 aromatic heterocycles. The van der Waals surface area contributed by atoms with E-state index in [-0.39, 0.29) is 0 Å². The second-order valence-corrected chi connectivity index (χ2v) is 7.45. The molecule has 3 heteroatoms. The highest BCUT2D eigenvalue weighted by atomic mass is 32.1. The molecule has 2 heterocycles.